The molecule has 0 aromatic carbocycles. The van der Waals surface area contributed by atoms with Crippen LogP contribution in [-0.4, -0.2) is 98.0 Å². The molecule has 0 aliphatic carbocycles. The molecule has 9 nitrogen and oxygen atoms in total. The van der Waals surface area contributed by atoms with Crippen molar-refractivity contribution in [3.8, 4) is 0 Å². The molecule has 23 heavy (non-hydrogen) atoms. The van der Waals surface area contributed by atoms with Crippen molar-refractivity contribution in [1.82, 2.24) is 0 Å². The first-order chi connectivity index (χ1) is 10.7. The molecule has 1 fully saturated rings. The van der Waals surface area contributed by atoms with Crippen molar-refractivity contribution < 1.29 is 45.2 Å². The molecule has 0 aromatic heterocycles. The minimum absolute atomic E-state index is 0.102. The van der Waals surface area contributed by atoms with E-state index >= 15 is 0 Å². The van der Waals surface area contributed by atoms with Crippen LogP contribution in [0, 0.1) is 5.92 Å². The van der Waals surface area contributed by atoms with E-state index in [1.54, 1.807) is 6.92 Å². The zero-order chi connectivity index (χ0) is 17.7. The van der Waals surface area contributed by atoms with Crippen LogP contribution < -0.4 is 0 Å². The topological polar surface area (TPSA) is 160 Å². The Morgan fingerprint density at radius 1 is 1.09 bits per heavy atom. The van der Waals surface area contributed by atoms with Gasteiger partial charge in [-0.25, -0.2) is 0 Å². The van der Waals surface area contributed by atoms with Gasteiger partial charge in [0, 0.05) is 12.5 Å². The fourth-order valence-electron chi connectivity index (χ4n) is 2.53. The number of hydrogen-bond donors (Lipinski definition) is 7. The summed E-state index contributed by atoms with van der Waals surface area (Å²) in [6.07, 6.45) is -10.0. The van der Waals surface area contributed by atoms with Gasteiger partial charge in [0.25, 0.3) is 0 Å². The van der Waals surface area contributed by atoms with Crippen molar-refractivity contribution in [2.24, 2.45) is 5.92 Å². The molecule has 0 radical (unpaired) electrons. The maximum atomic E-state index is 10.1. The molecule has 7 N–H and O–H groups in total. The third-order valence-corrected chi connectivity index (χ3v) is 4.11. The van der Waals surface area contributed by atoms with Gasteiger partial charge < -0.3 is 45.2 Å². The van der Waals surface area contributed by atoms with Crippen LogP contribution in [-0.2, 0) is 9.47 Å². The standard InChI is InChI=1S/C14H28O9/c1-6-10(19)12(21)9(5-16)22-14(6)23-13(7(2)17)11(20)8(18)3-4-15/h6-21H,3-5H2,1-2H3. The number of hydrogen-bond acceptors (Lipinski definition) is 9. The van der Waals surface area contributed by atoms with Gasteiger partial charge in [-0.3, -0.25) is 0 Å². The van der Waals surface area contributed by atoms with Crippen LogP contribution in [0.25, 0.3) is 0 Å². The fourth-order valence-corrected chi connectivity index (χ4v) is 2.53. The highest BCUT2D eigenvalue weighted by molar-refractivity contribution is 4.89. The minimum atomic E-state index is -1.49. The van der Waals surface area contributed by atoms with Crippen LogP contribution >= 0.6 is 0 Å². The van der Waals surface area contributed by atoms with Crippen LogP contribution in [0.5, 0.6) is 0 Å². The van der Waals surface area contributed by atoms with Crippen LogP contribution in [0.15, 0.2) is 0 Å². The van der Waals surface area contributed by atoms with Crippen LogP contribution in [0.2, 0.25) is 0 Å². The summed E-state index contributed by atoms with van der Waals surface area (Å²) < 4.78 is 10.9. The summed E-state index contributed by atoms with van der Waals surface area (Å²) in [5, 5.41) is 67.3. The maximum Gasteiger partial charge on any atom is 0.163 e. The number of aliphatic hydroxyl groups excluding tert-OH is 7. The molecule has 1 heterocycles. The van der Waals surface area contributed by atoms with Gasteiger partial charge in [-0.1, -0.05) is 6.92 Å². The smallest absolute Gasteiger partial charge is 0.163 e. The van der Waals surface area contributed by atoms with E-state index in [4.69, 9.17) is 14.6 Å². The molecule has 0 spiro atoms. The zero-order valence-corrected chi connectivity index (χ0v) is 13.3. The van der Waals surface area contributed by atoms with E-state index in [9.17, 15) is 30.6 Å². The van der Waals surface area contributed by atoms with Gasteiger partial charge in [-0.15, -0.1) is 0 Å². The minimum Gasteiger partial charge on any atom is -0.396 e. The average molecular weight is 340 g/mol. The lowest BCUT2D eigenvalue weighted by atomic mass is 9.92. The predicted octanol–water partition coefficient (Wildman–Crippen LogP) is -3.07. The van der Waals surface area contributed by atoms with Crippen LogP contribution in [0.1, 0.15) is 20.3 Å². The lowest BCUT2D eigenvalue weighted by Gasteiger charge is -2.43. The first-order valence-corrected chi connectivity index (χ1v) is 7.67. The SMILES string of the molecule is CC(O)C(OC1OC(CO)C(O)C(O)C1C)C(O)C(O)CCO. The highest BCUT2D eigenvalue weighted by Gasteiger charge is 2.44. The van der Waals surface area contributed by atoms with Gasteiger partial charge in [-0.2, -0.15) is 0 Å². The van der Waals surface area contributed by atoms with Crippen molar-refractivity contribution >= 4 is 0 Å². The van der Waals surface area contributed by atoms with E-state index in [1.165, 1.54) is 6.92 Å². The second kappa shape index (κ2) is 9.21. The summed E-state index contributed by atoms with van der Waals surface area (Å²) in [6, 6.07) is 0. The molecule has 0 saturated carbocycles. The van der Waals surface area contributed by atoms with E-state index in [1.807, 2.05) is 0 Å². The first-order valence-electron chi connectivity index (χ1n) is 7.67. The molecule has 9 atom stereocenters. The molecule has 9 heteroatoms. The van der Waals surface area contributed by atoms with E-state index in [2.05, 4.69) is 0 Å². The Kier molecular flexibility index (Phi) is 8.28. The second-order valence-corrected chi connectivity index (χ2v) is 5.98. The molecular formula is C14H28O9. The summed E-state index contributed by atoms with van der Waals surface area (Å²) in [5.74, 6) is -0.698. The lowest BCUT2D eigenvalue weighted by molar-refractivity contribution is -0.310. The van der Waals surface area contributed by atoms with Crippen molar-refractivity contribution in [1.29, 1.82) is 0 Å². The molecule has 0 amide bonds. The van der Waals surface area contributed by atoms with Crippen molar-refractivity contribution in [3.63, 3.8) is 0 Å². The normalized spacial score (nSPS) is 37.2. The zero-order valence-electron chi connectivity index (χ0n) is 13.3. The molecule has 1 saturated heterocycles. The largest absolute Gasteiger partial charge is 0.396 e. The summed E-state index contributed by atoms with van der Waals surface area (Å²) in [7, 11) is 0. The molecule has 138 valence electrons. The quantitative estimate of drug-likeness (QED) is 0.243. The van der Waals surface area contributed by atoms with Crippen molar-refractivity contribution in [2.75, 3.05) is 13.2 Å². The molecular weight excluding hydrogens is 312 g/mol. The van der Waals surface area contributed by atoms with Gasteiger partial charge in [0.05, 0.1) is 24.9 Å². The van der Waals surface area contributed by atoms with E-state index in [0.717, 1.165) is 0 Å². The molecule has 1 aliphatic rings. The fraction of sp³-hybridized carbons (Fsp3) is 1.00. The van der Waals surface area contributed by atoms with Crippen LogP contribution in [0.4, 0.5) is 0 Å². The van der Waals surface area contributed by atoms with Gasteiger partial charge >= 0.3 is 0 Å². The van der Waals surface area contributed by atoms with Crippen LogP contribution in [0.3, 0.4) is 0 Å². The summed E-state index contributed by atoms with van der Waals surface area (Å²) in [4.78, 5) is 0. The van der Waals surface area contributed by atoms with Gasteiger partial charge in [0.2, 0.25) is 0 Å². The summed E-state index contributed by atoms with van der Waals surface area (Å²) in [5.41, 5.74) is 0. The Hall–Kier alpha value is -0.360. The number of aliphatic hydroxyl groups is 7. The Morgan fingerprint density at radius 2 is 1.70 bits per heavy atom. The van der Waals surface area contributed by atoms with Crippen molar-refractivity contribution in [2.45, 2.75) is 69.3 Å². The Labute approximate surface area is 134 Å². The van der Waals surface area contributed by atoms with Crippen molar-refractivity contribution in [3.05, 3.63) is 0 Å². The predicted molar refractivity (Wildman–Crippen MR) is 77.2 cm³/mol. The Morgan fingerprint density at radius 3 is 2.17 bits per heavy atom. The van der Waals surface area contributed by atoms with E-state index in [0.29, 0.717) is 0 Å². The van der Waals surface area contributed by atoms with Gasteiger partial charge in [0.15, 0.2) is 6.29 Å². The van der Waals surface area contributed by atoms with Gasteiger partial charge in [-0.05, 0) is 13.3 Å². The Balaban J connectivity index is 2.82. The molecule has 9 unspecified atom stereocenters. The summed E-state index contributed by atoms with van der Waals surface area (Å²) >= 11 is 0. The lowest BCUT2D eigenvalue weighted by Crippen LogP contribution is -2.58. The maximum absolute atomic E-state index is 10.1. The number of ether oxygens (including phenoxy) is 2. The van der Waals surface area contributed by atoms with E-state index in [-0.39, 0.29) is 13.0 Å². The monoisotopic (exact) mass is 340 g/mol. The summed E-state index contributed by atoms with van der Waals surface area (Å²) in [6.45, 7) is 2.00. The Bertz CT molecular complexity index is 338. The molecule has 0 bridgehead atoms. The highest BCUT2D eigenvalue weighted by atomic mass is 16.7. The third kappa shape index (κ3) is 5.05. The van der Waals surface area contributed by atoms with Gasteiger partial charge in [0.1, 0.15) is 24.4 Å². The number of rotatable bonds is 8. The first kappa shape index (κ1) is 20.7. The average Bonchev–Trinajstić information content (AvgIpc) is 2.51. The van der Waals surface area contributed by atoms with E-state index < -0.39 is 61.5 Å². The molecule has 1 aliphatic heterocycles. The molecule has 1 rings (SSSR count). The molecule has 0 aromatic rings. The highest BCUT2D eigenvalue weighted by Crippen LogP contribution is 2.29. The second-order valence-electron chi connectivity index (χ2n) is 5.98. The third-order valence-electron chi connectivity index (χ3n) is 4.11.